The summed E-state index contributed by atoms with van der Waals surface area (Å²) in [6.45, 7) is 4.68. The van der Waals surface area contributed by atoms with Gasteiger partial charge in [-0.25, -0.2) is 0 Å². The molecule has 0 atom stereocenters. The van der Waals surface area contributed by atoms with Gasteiger partial charge in [-0.1, -0.05) is 30.3 Å². The molecule has 26 heavy (non-hydrogen) atoms. The summed E-state index contributed by atoms with van der Waals surface area (Å²) in [4.78, 5) is 18.8. The number of carbonyl (C=O) groups is 1. The number of hydrogen-bond donors (Lipinski definition) is 1. The maximum Gasteiger partial charge on any atom is 0.256 e. The number of pyridine rings is 1. The van der Waals surface area contributed by atoms with Crippen molar-refractivity contribution in [3.8, 4) is 0 Å². The van der Waals surface area contributed by atoms with Gasteiger partial charge in [0.05, 0.1) is 11.3 Å². The first-order chi connectivity index (χ1) is 12.6. The van der Waals surface area contributed by atoms with Crippen molar-refractivity contribution >= 4 is 17.3 Å². The zero-order valence-corrected chi connectivity index (χ0v) is 15.4. The number of nitrogens with one attached hydrogen (secondary N) is 1. The van der Waals surface area contributed by atoms with E-state index in [1.807, 2.05) is 55.6 Å². The van der Waals surface area contributed by atoms with E-state index < -0.39 is 0 Å². The van der Waals surface area contributed by atoms with Gasteiger partial charge >= 0.3 is 0 Å². The van der Waals surface area contributed by atoms with Crippen LogP contribution in [-0.2, 0) is 6.54 Å². The zero-order valence-electron chi connectivity index (χ0n) is 15.4. The monoisotopic (exact) mass is 345 g/mol. The van der Waals surface area contributed by atoms with Crippen molar-refractivity contribution in [3.63, 3.8) is 0 Å². The first-order valence-corrected chi connectivity index (χ1v) is 8.63. The number of nitrogens with zero attached hydrogens (tertiary/aromatic N) is 2. The highest BCUT2D eigenvalue weighted by molar-refractivity contribution is 6.00. The van der Waals surface area contributed by atoms with E-state index in [2.05, 4.69) is 30.2 Å². The number of aryl methyl sites for hydroxylation is 1. The number of aromatic nitrogens is 1. The Kier molecular flexibility index (Phi) is 5.32. The lowest BCUT2D eigenvalue weighted by Crippen LogP contribution is -2.26. The molecule has 0 fully saturated rings. The van der Waals surface area contributed by atoms with E-state index in [0.717, 1.165) is 16.9 Å². The van der Waals surface area contributed by atoms with Gasteiger partial charge in [0.15, 0.2) is 0 Å². The Balaban J connectivity index is 1.84. The maximum absolute atomic E-state index is 13.0. The summed E-state index contributed by atoms with van der Waals surface area (Å²) in [5.41, 5.74) is 5.87. The van der Waals surface area contributed by atoms with E-state index in [0.29, 0.717) is 12.1 Å². The average molecular weight is 345 g/mol. The van der Waals surface area contributed by atoms with Gasteiger partial charge in [0.25, 0.3) is 5.91 Å². The Morgan fingerprint density at radius 1 is 1.00 bits per heavy atom. The molecule has 0 aliphatic carbocycles. The van der Waals surface area contributed by atoms with Crippen molar-refractivity contribution in [3.05, 3.63) is 89.2 Å². The molecule has 2 aromatic carbocycles. The fourth-order valence-corrected chi connectivity index (χ4v) is 2.85. The summed E-state index contributed by atoms with van der Waals surface area (Å²) >= 11 is 0. The van der Waals surface area contributed by atoms with Crippen LogP contribution in [0.25, 0.3) is 0 Å². The van der Waals surface area contributed by atoms with Gasteiger partial charge in [-0.15, -0.1) is 0 Å². The third kappa shape index (κ3) is 3.91. The van der Waals surface area contributed by atoms with E-state index in [4.69, 9.17) is 0 Å². The second kappa shape index (κ2) is 7.83. The van der Waals surface area contributed by atoms with E-state index in [1.165, 1.54) is 11.1 Å². The van der Waals surface area contributed by atoms with Crippen molar-refractivity contribution in [1.82, 2.24) is 9.88 Å². The fraction of sp³-hybridized carbons (Fsp3) is 0.182. The molecule has 132 valence electrons. The summed E-state index contributed by atoms with van der Waals surface area (Å²) in [5, 5.41) is 3.42. The van der Waals surface area contributed by atoms with Crippen LogP contribution in [0.15, 0.2) is 67.0 Å². The van der Waals surface area contributed by atoms with Crippen molar-refractivity contribution in [2.24, 2.45) is 0 Å². The Morgan fingerprint density at radius 2 is 1.77 bits per heavy atom. The lowest BCUT2D eigenvalue weighted by Gasteiger charge is -2.20. The summed E-state index contributed by atoms with van der Waals surface area (Å²) in [5.74, 6) is -0.0257. The maximum atomic E-state index is 13.0. The van der Waals surface area contributed by atoms with E-state index in [1.54, 1.807) is 17.3 Å². The minimum atomic E-state index is -0.0257. The molecule has 0 saturated carbocycles. The molecule has 1 N–H and O–H groups in total. The van der Waals surface area contributed by atoms with Crippen LogP contribution in [0.2, 0.25) is 0 Å². The van der Waals surface area contributed by atoms with Crippen molar-refractivity contribution < 1.29 is 4.79 Å². The van der Waals surface area contributed by atoms with Crippen LogP contribution in [-0.4, -0.2) is 22.8 Å². The summed E-state index contributed by atoms with van der Waals surface area (Å²) < 4.78 is 0. The molecule has 1 aromatic heterocycles. The Bertz CT molecular complexity index is 906. The highest BCUT2D eigenvalue weighted by Crippen LogP contribution is 2.26. The van der Waals surface area contributed by atoms with Gasteiger partial charge in [-0.05, 0) is 54.8 Å². The van der Waals surface area contributed by atoms with Crippen LogP contribution in [0, 0.1) is 13.8 Å². The van der Waals surface area contributed by atoms with E-state index >= 15 is 0 Å². The van der Waals surface area contributed by atoms with Gasteiger partial charge in [0.1, 0.15) is 0 Å². The molecule has 0 aliphatic rings. The van der Waals surface area contributed by atoms with Crippen molar-refractivity contribution in [2.45, 2.75) is 20.4 Å². The molecule has 4 heteroatoms. The standard InChI is InChI=1S/C22H23N3O/c1-16-8-6-12-20(17(16)2)24-21-11-5-4-10-19(21)22(26)25(3)15-18-9-7-13-23-14-18/h4-14,24H,15H2,1-3H3. The van der Waals surface area contributed by atoms with E-state index in [9.17, 15) is 4.79 Å². The highest BCUT2D eigenvalue weighted by atomic mass is 16.2. The van der Waals surface area contributed by atoms with Gasteiger partial charge in [0.2, 0.25) is 0 Å². The highest BCUT2D eigenvalue weighted by Gasteiger charge is 2.16. The molecule has 0 bridgehead atoms. The fourth-order valence-electron chi connectivity index (χ4n) is 2.85. The number of amides is 1. The van der Waals surface area contributed by atoms with Crippen molar-refractivity contribution in [2.75, 3.05) is 12.4 Å². The molecule has 0 radical (unpaired) electrons. The molecule has 3 rings (SSSR count). The minimum Gasteiger partial charge on any atom is -0.355 e. The van der Waals surface area contributed by atoms with Crippen molar-refractivity contribution in [1.29, 1.82) is 0 Å². The molecular weight excluding hydrogens is 322 g/mol. The van der Waals surface area contributed by atoms with Crippen LogP contribution < -0.4 is 5.32 Å². The second-order valence-corrected chi connectivity index (χ2v) is 6.44. The molecule has 3 aromatic rings. The number of hydrogen-bond acceptors (Lipinski definition) is 3. The van der Waals surface area contributed by atoms with E-state index in [-0.39, 0.29) is 5.91 Å². The SMILES string of the molecule is Cc1cccc(Nc2ccccc2C(=O)N(C)Cc2cccnc2)c1C. The van der Waals surface area contributed by atoms with Crippen LogP contribution in [0.3, 0.4) is 0 Å². The molecule has 0 unspecified atom stereocenters. The number of benzene rings is 2. The summed E-state index contributed by atoms with van der Waals surface area (Å²) in [6, 6.07) is 17.6. The lowest BCUT2D eigenvalue weighted by atomic mass is 10.1. The molecule has 0 aliphatic heterocycles. The van der Waals surface area contributed by atoms with Gasteiger partial charge in [-0.2, -0.15) is 0 Å². The first-order valence-electron chi connectivity index (χ1n) is 8.63. The quantitative estimate of drug-likeness (QED) is 0.728. The predicted molar refractivity (Wildman–Crippen MR) is 106 cm³/mol. The lowest BCUT2D eigenvalue weighted by molar-refractivity contribution is 0.0786. The Hall–Kier alpha value is -3.14. The molecular formula is C22H23N3O. The van der Waals surface area contributed by atoms with Crippen LogP contribution in [0.1, 0.15) is 27.0 Å². The number of rotatable bonds is 5. The Morgan fingerprint density at radius 3 is 2.54 bits per heavy atom. The number of anilines is 2. The largest absolute Gasteiger partial charge is 0.355 e. The number of para-hydroxylation sites is 1. The third-order valence-corrected chi connectivity index (χ3v) is 4.52. The molecule has 0 spiro atoms. The second-order valence-electron chi connectivity index (χ2n) is 6.44. The molecule has 0 saturated heterocycles. The van der Waals surface area contributed by atoms with Gasteiger partial charge in [-0.3, -0.25) is 9.78 Å². The minimum absolute atomic E-state index is 0.0257. The molecule has 1 heterocycles. The van der Waals surface area contributed by atoms with Crippen LogP contribution >= 0.6 is 0 Å². The zero-order chi connectivity index (χ0) is 18.5. The van der Waals surface area contributed by atoms with Crippen LogP contribution in [0.4, 0.5) is 11.4 Å². The predicted octanol–water partition coefficient (Wildman–Crippen LogP) is 4.71. The topological polar surface area (TPSA) is 45.2 Å². The first kappa shape index (κ1) is 17.7. The summed E-state index contributed by atoms with van der Waals surface area (Å²) in [6.07, 6.45) is 3.51. The Labute approximate surface area is 154 Å². The molecule has 1 amide bonds. The third-order valence-electron chi connectivity index (χ3n) is 4.52. The number of carbonyl (C=O) groups excluding carboxylic acids is 1. The van der Waals surface area contributed by atoms with Gasteiger partial charge < -0.3 is 10.2 Å². The average Bonchev–Trinajstić information content (AvgIpc) is 2.66. The van der Waals surface area contributed by atoms with Crippen LogP contribution in [0.5, 0.6) is 0 Å². The smallest absolute Gasteiger partial charge is 0.256 e. The van der Waals surface area contributed by atoms with Gasteiger partial charge in [0, 0.05) is 31.7 Å². The summed E-state index contributed by atoms with van der Waals surface area (Å²) in [7, 11) is 1.81. The molecule has 4 nitrogen and oxygen atoms in total. The normalized spacial score (nSPS) is 10.4.